The van der Waals surface area contributed by atoms with E-state index >= 15 is 0 Å². The minimum atomic E-state index is -1.12. The van der Waals surface area contributed by atoms with Crippen LogP contribution in [0.4, 0.5) is 4.79 Å². The van der Waals surface area contributed by atoms with Crippen LogP contribution >= 0.6 is 0 Å². The second kappa shape index (κ2) is 12.7. The fourth-order valence-electron chi connectivity index (χ4n) is 3.66. The van der Waals surface area contributed by atoms with Gasteiger partial charge in [0.25, 0.3) is 11.8 Å². The van der Waals surface area contributed by atoms with Crippen molar-refractivity contribution in [3.63, 3.8) is 0 Å². The number of Topliss-reactive ketones (excluding diaryl/α,β-unsaturated/α-hetero) is 1. The molecule has 0 spiro atoms. The van der Waals surface area contributed by atoms with Gasteiger partial charge in [-0.25, -0.2) is 4.79 Å². The number of aryl methyl sites for hydroxylation is 1. The summed E-state index contributed by atoms with van der Waals surface area (Å²) in [6.07, 6.45) is 1.07. The Morgan fingerprint density at radius 3 is 2.16 bits per heavy atom. The van der Waals surface area contributed by atoms with Crippen molar-refractivity contribution < 1.29 is 23.9 Å². The van der Waals surface area contributed by atoms with Gasteiger partial charge in [0.1, 0.15) is 17.3 Å². The molecule has 1 aromatic heterocycles. The van der Waals surface area contributed by atoms with E-state index < -0.39 is 35.3 Å². The molecular weight excluding hydrogens is 486 g/mol. The highest BCUT2D eigenvalue weighted by molar-refractivity contribution is 6.38. The highest BCUT2D eigenvalue weighted by Crippen LogP contribution is 2.21. The lowest BCUT2D eigenvalue weighted by atomic mass is 10.0. The molecule has 38 heavy (non-hydrogen) atoms. The van der Waals surface area contributed by atoms with Crippen LogP contribution in [0.3, 0.4) is 0 Å². The summed E-state index contributed by atoms with van der Waals surface area (Å²) >= 11 is 0. The third-order valence-corrected chi connectivity index (χ3v) is 5.33. The fourth-order valence-corrected chi connectivity index (χ4v) is 3.66. The third-order valence-electron chi connectivity index (χ3n) is 5.33. The molecule has 0 saturated heterocycles. The van der Waals surface area contributed by atoms with Crippen molar-refractivity contribution in [2.75, 3.05) is 13.1 Å². The molecule has 0 aliphatic carbocycles. The molecule has 0 saturated carbocycles. The lowest BCUT2D eigenvalue weighted by molar-refractivity contribution is -0.138. The highest BCUT2D eigenvalue weighted by Gasteiger charge is 2.29. The molecular formula is C28H33N5O5. The van der Waals surface area contributed by atoms with Crippen LogP contribution in [0.5, 0.6) is 0 Å². The van der Waals surface area contributed by atoms with Crippen LogP contribution in [0.2, 0.25) is 0 Å². The second-order valence-corrected chi connectivity index (χ2v) is 9.70. The van der Waals surface area contributed by atoms with E-state index in [1.54, 1.807) is 34.0 Å². The van der Waals surface area contributed by atoms with Gasteiger partial charge in [-0.05, 0) is 26.3 Å². The molecule has 0 aliphatic rings. The predicted octanol–water partition coefficient (Wildman–Crippen LogP) is 2.64. The van der Waals surface area contributed by atoms with Gasteiger partial charge in [-0.3, -0.25) is 19.1 Å². The van der Waals surface area contributed by atoms with E-state index in [4.69, 9.17) is 4.74 Å². The minimum absolute atomic E-state index is 0.0105. The number of nitrogens with one attached hydrogen (secondary N) is 3. The molecule has 3 rings (SSSR count). The number of carbonyl (C=O) groups is 4. The van der Waals surface area contributed by atoms with E-state index in [2.05, 4.69) is 21.0 Å². The topological polar surface area (TPSA) is 131 Å². The first kappa shape index (κ1) is 28.1. The zero-order valence-electron chi connectivity index (χ0n) is 22.0. The number of alkyl carbamates (subject to hydrolysis) is 1. The standard InChI is InChI=1S/C28H33N5O5/c1-28(2,3)38-27(37)30-16-15-29-26(36)24(34)22(17-19-11-7-5-8-12-19)31-25(35)21-18-33(4)32-23(21)20-13-9-6-10-14-20/h5-14,18,22H,15-17H2,1-4H3,(H,29,36)(H,30,37)(H,31,35). The van der Waals surface area contributed by atoms with Crippen molar-refractivity contribution in [3.05, 3.63) is 78.0 Å². The van der Waals surface area contributed by atoms with Gasteiger partial charge in [-0.15, -0.1) is 0 Å². The molecule has 1 heterocycles. The quantitative estimate of drug-likeness (QED) is 0.279. The second-order valence-electron chi connectivity index (χ2n) is 9.70. The number of benzene rings is 2. The lowest BCUT2D eigenvalue weighted by Crippen LogP contribution is -2.49. The first-order valence-electron chi connectivity index (χ1n) is 12.3. The van der Waals surface area contributed by atoms with Crippen molar-refractivity contribution in [1.82, 2.24) is 25.7 Å². The molecule has 1 unspecified atom stereocenters. The van der Waals surface area contributed by atoms with E-state index in [0.717, 1.165) is 11.1 Å². The summed E-state index contributed by atoms with van der Waals surface area (Å²) in [5.74, 6) is -2.19. The van der Waals surface area contributed by atoms with Gasteiger partial charge in [0.15, 0.2) is 0 Å². The predicted molar refractivity (Wildman–Crippen MR) is 142 cm³/mol. The number of hydrogen-bond donors (Lipinski definition) is 3. The summed E-state index contributed by atoms with van der Waals surface area (Å²) < 4.78 is 6.67. The number of amides is 3. The van der Waals surface area contributed by atoms with Gasteiger partial charge in [-0.2, -0.15) is 5.10 Å². The number of hydrogen-bond acceptors (Lipinski definition) is 6. The van der Waals surface area contributed by atoms with E-state index in [1.807, 2.05) is 60.7 Å². The Morgan fingerprint density at radius 2 is 1.53 bits per heavy atom. The third kappa shape index (κ3) is 8.29. The Kier molecular flexibility index (Phi) is 9.37. The van der Waals surface area contributed by atoms with Crippen molar-refractivity contribution in [2.24, 2.45) is 7.05 Å². The molecule has 1 atom stereocenters. The summed E-state index contributed by atoms with van der Waals surface area (Å²) in [4.78, 5) is 50.9. The van der Waals surface area contributed by atoms with Crippen molar-refractivity contribution in [2.45, 2.75) is 38.8 Å². The van der Waals surface area contributed by atoms with Gasteiger partial charge < -0.3 is 20.7 Å². The Hall–Kier alpha value is -4.47. The van der Waals surface area contributed by atoms with E-state index in [-0.39, 0.29) is 25.1 Å². The number of rotatable bonds is 10. The van der Waals surface area contributed by atoms with Gasteiger partial charge in [0.05, 0.1) is 5.56 Å². The largest absolute Gasteiger partial charge is 0.444 e. The van der Waals surface area contributed by atoms with Gasteiger partial charge in [0.2, 0.25) is 5.78 Å². The first-order chi connectivity index (χ1) is 18.0. The Balaban J connectivity index is 1.70. The summed E-state index contributed by atoms with van der Waals surface area (Å²) in [6, 6.07) is 17.2. The van der Waals surface area contributed by atoms with Crippen LogP contribution in [-0.4, -0.2) is 58.2 Å². The molecule has 0 radical (unpaired) electrons. The number of carbonyl (C=O) groups excluding carboxylic acids is 4. The molecule has 3 amide bonds. The molecule has 3 N–H and O–H groups in total. The van der Waals surface area contributed by atoms with Crippen LogP contribution in [0.1, 0.15) is 36.7 Å². The Morgan fingerprint density at radius 1 is 0.921 bits per heavy atom. The number of ether oxygens (including phenoxy) is 1. The molecule has 10 heteroatoms. The zero-order chi connectivity index (χ0) is 27.7. The molecule has 0 fully saturated rings. The van der Waals surface area contributed by atoms with Crippen LogP contribution in [0.25, 0.3) is 11.3 Å². The highest BCUT2D eigenvalue weighted by atomic mass is 16.6. The fraction of sp³-hybridized carbons (Fsp3) is 0.321. The zero-order valence-corrected chi connectivity index (χ0v) is 22.0. The average molecular weight is 520 g/mol. The number of aromatic nitrogens is 2. The minimum Gasteiger partial charge on any atom is -0.444 e. The summed E-state index contributed by atoms with van der Waals surface area (Å²) in [6.45, 7) is 5.30. The lowest BCUT2D eigenvalue weighted by Gasteiger charge is -2.20. The number of nitrogens with zero attached hydrogens (tertiary/aromatic N) is 2. The van der Waals surface area contributed by atoms with Crippen molar-refractivity contribution >= 4 is 23.7 Å². The maximum Gasteiger partial charge on any atom is 0.407 e. The summed E-state index contributed by atoms with van der Waals surface area (Å²) in [5.41, 5.74) is 1.63. The maximum atomic E-state index is 13.3. The normalized spacial score (nSPS) is 11.8. The van der Waals surface area contributed by atoms with E-state index in [0.29, 0.717) is 5.69 Å². The SMILES string of the molecule is Cn1cc(C(=O)NC(Cc2ccccc2)C(=O)C(=O)NCCNC(=O)OC(C)(C)C)c(-c2ccccc2)n1. The smallest absolute Gasteiger partial charge is 0.407 e. The molecule has 0 bridgehead atoms. The van der Waals surface area contributed by atoms with Crippen LogP contribution in [-0.2, 0) is 27.8 Å². The average Bonchev–Trinajstić information content (AvgIpc) is 3.27. The molecule has 10 nitrogen and oxygen atoms in total. The Labute approximate surface area is 221 Å². The van der Waals surface area contributed by atoms with E-state index in [9.17, 15) is 19.2 Å². The van der Waals surface area contributed by atoms with Gasteiger partial charge >= 0.3 is 6.09 Å². The van der Waals surface area contributed by atoms with Crippen LogP contribution in [0.15, 0.2) is 66.9 Å². The maximum absolute atomic E-state index is 13.3. The molecule has 2 aromatic carbocycles. The van der Waals surface area contributed by atoms with E-state index in [1.165, 1.54) is 4.68 Å². The van der Waals surface area contributed by atoms with Crippen molar-refractivity contribution in [1.29, 1.82) is 0 Å². The summed E-state index contributed by atoms with van der Waals surface area (Å²) in [5, 5.41) is 12.1. The van der Waals surface area contributed by atoms with Gasteiger partial charge in [-0.1, -0.05) is 60.7 Å². The first-order valence-corrected chi connectivity index (χ1v) is 12.3. The summed E-state index contributed by atoms with van der Waals surface area (Å²) in [7, 11) is 1.70. The molecule has 0 aliphatic heterocycles. The molecule has 3 aromatic rings. The number of ketones is 1. The monoisotopic (exact) mass is 519 g/mol. The van der Waals surface area contributed by atoms with Crippen molar-refractivity contribution in [3.8, 4) is 11.3 Å². The van der Waals surface area contributed by atoms with Crippen LogP contribution in [0, 0.1) is 0 Å². The van der Waals surface area contributed by atoms with Crippen LogP contribution < -0.4 is 16.0 Å². The Bertz CT molecular complexity index is 1270. The molecule has 200 valence electrons. The van der Waals surface area contributed by atoms with Gasteiger partial charge in [0, 0.05) is 38.3 Å².